The number of rotatable bonds is 5. The van der Waals surface area contributed by atoms with Crippen LogP contribution < -0.4 is 14.2 Å². The summed E-state index contributed by atoms with van der Waals surface area (Å²) in [5, 5.41) is 0. The highest BCUT2D eigenvalue weighted by Crippen LogP contribution is 2.45. The minimum atomic E-state index is 0.813. The summed E-state index contributed by atoms with van der Waals surface area (Å²) in [6.45, 7) is 6.25. The molecule has 0 unspecified atom stereocenters. The molecule has 0 bridgehead atoms. The summed E-state index contributed by atoms with van der Waals surface area (Å²) in [5.41, 5.74) is 7.55. The van der Waals surface area contributed by atoms with Crippen LogP contribution in [0.15, 0.2) is 48.5 Å². The van der Waals surface area contributed by atoms with Crippen LogP contribution in [-0.2, 0) is 0 Å². The number of hydrogen-bond acceptors (Lipinski definition) is 3. The molecule has 0 aliphatic rings. The van der Waals surface area contributed by atoms with Crippen molar-refractivity contribution in [3.63, 3.8) is 0 Å². The van der Waals surface area contributed by atoms with Gasteiger partial charge in [0.1, 0.15) is 17.2 Å². The Hall–Kier alpha value is -2.94. The van der Waals surface area contributed by atoms with Crippen LogP contribution in [0.5, 0.6) is 17.2 Å². The molecule has 0 amide bonds. The van der Waals surface area contributed by atoms with Gasteiger partial charge in [-0.15, -0.1) is 0 Å². The van der Waals surface area contributed by atoms with E-state index in [0.29, 0.717) is 0 Å². The van der Waals surface area contributed by atoms with Gasteiger partial charge in [0.2, 0.25) is 0 Å². The van der Waals surface area contributed by atoms with Gasteiger partial charge in [-0.1, -0.05) is 23.3 Å². The minimum Gasteiger partial charge on any atom is -0.496 e. The number of methoxy groups -OCH3 is 3. The summed E-state index contributed by atoms with van der Waals surface area (Å²) in [6, 6.07) is 16.6. The maximum atomic E-state index is 5.91. The fourth-order valence-corrected chi connectivity index (χ4v) is 3.46. The van der Waals surface area contributed by atoms with E-state index in [0.717, 1.165) is 45.1 Å². The maximum Gasteiger partial charge on any atom is 0.134 e. The number of benzene rings is 3. The number of aryl methyl sites for hydroxylation is 3. The largest absolute Gasteiger partial charge is 0.496 e. The average Bonchev–Trinajstić information content (AvgIpc) is 2.67. The van der Waals surface area contributed by atoms with Crippen molar-refractivity contribution in [2.75, 3.05) is 21.3 Å². The molecule has 140 valence electrons. The van der Waals surface area contributed by atoms with Crippen LogP contribution in [0.25, 0.3) is 22.3 Å². The third-order valence-electron chi connectivity index (χ3n) is 4.73. The monoisotopic (exact) mass is 362 g/mol. The first-order chi connectivity index (χ1) is 13.0. The highest BCUT2D eigenvalue weighted by atomic mass is 16.5. The van der Waals surface area contributed by atoms with Gasteiger partial charge in [0.25, 0.3) is 0 Å². The second-order valence-corrected chi connectivity index (χ2v) is 6.80. The lowest BCUT2D eigenvalue weighted by atomic mass is 9.92. The second-order valence-electron chi connectivity index (χ2n) is 6.80. The van der Waals surface area contributed by atoms with Crippen molar-refractivity contribution in [3.8, 4) is 39.5 Å². The normalized spacial score (nSPS) is 10.6. The van der Waals surface area contributed by atoms with Crippen LogP contribution in [-0.4, -0.2) is 21.3 Å². The molecule has 0 aromatic heterocycles. The summed E-state index contributed by atoms with van der Waals surface area (Å²) < 4.78 is 17.2. The van der Waals surface area contributed by atoms with Crippen molar-refractivity contribution in [2.24, 2.45) is 0 Å². The van der Waals surface area contributed by atoms with E-state index >= 15 is 0 Å². The van der Waals surface area contributed by atoms with E-state index in [-0.39, 0.29) is 0 Å². The summed E-state index contributed by atoms with van der Waals surface area (Å²) in [7, 11) is 5.10. The van der Waals surface area contributed by atoms with Crippen LogP contribution in [0.4, 0.5) is 0 Å². The molecular formula is C24H26O3. The Labute approximate surface area is 161 Å². The molecule has 0 saturated heterocycles. The van der Waals surface area contributed by atoms with E-state index in [9.17, 15) is 0 Å². The minimum absolute atomic E-state index is 0.813. The van der Waals surface area contributed by atoms with Crippen LogP contribution in [0.2, 0.25) is 0 Å². The molecule has 27 heavy (non-hydrogen) atoms. The third kappa shape index (κ3) is 3.63. The van der Waals surface area contributed by atoms with E-state index in [4.69, 9.17) is 14.2 Å². The van der Waals surface area contributed by atoms with Gasteiger partial charge in [-0.3, -0.25) is 0 Å². The molecule has 0 atom stereocenters. The molecular weight excluding hydrogens is 336 g/mol. The van der Waals surface area contributed by atoms with Gasteiger partial charge in [-0.2, -0.15) is 0 Å². The molecule has 3 aromatic rings. The van der Waals surface area contributed by atoms with Crippen molar-refractivity contribution in [1.29, 1.82) is 0 Å². The molecule has 0 fully saturated rings. The van der Waals surface area contributed by atoms with Gasteiger partial charge in [0.05, 0.1) is 21.3 Å². The van der Waals surface area contributed by atoms with E-state index in [2.05, 4.69) is 57.2 Å². The van der Waals surface area contributed by atoms with Crippen molar-refractivity contribution >= 4 is 0 Å². The smallest absolute Gasteiger partial charge is 0.134 e. The second kappa shape index (κ2) is 7.75. The Bertz CT molecular complexity index is 899. The summed E-state index contributed by atoms with van der Waals surface area (Å²) >= 11 is 0. The Kier molecular flexibility index (Phi) is 5.41. The summed E-state index contributed by atoms with van der Waals surface area (Å²) in [5.74, 6) is 2.46. The first-order valence-electron chi connectivity index (χ1n) is 8.97. The first kappa shape index (κ1) is 18.8. The summed E-state index contributed by atoms with van der Waals surface area (Å²) in [6.07, 6.45) is 0. The summed E-state index contributed by atoms with van der Waals surface area (Å²) in [4.78, 5) is 0. The third-order valence-corrected chi connectivity index (χ3v) is 4.73. The number of hydrogen-bond donors (Lipinski definition) is 0. The molecule has 0 heterocycles. The Morgan fingerprint density at radius 3 is 1.26 bits per heavy atom. The molecule has 0 N–H and O–H groups in total. The molecule has 0 aliphatic carbocycles. The Morgan fingerprint density at radius 1 is 0.481 bits per heavy atom. The Morgan fingerprint density at radius 2 is 0.889 bits per heavy atom. The van der Waals surface area contributed by atoms with Crippen molar-refractivity contribution in [3.05, 3.63) is 65.2 Å². The highest BCUT2D eigenvalue weighted by molar-refractivity contribution is 5.87. The average molecular weight is 362 g/mol. The van der Waals surface area contributed by atoms with Gasteiger partial charge in [-0.25, -0.2) is 0 Å². The van der Waals surface area contributed by atoms with Gasteiger partial charge < -0.3 is 14.2 Å². The zero-order valence-corrected chi connectivity index (χ0v) is 16.8. The lowest BCUT2D eigenvalue weighted by Crippen LogP contribution is -1.97. The fourth-order valence-electron chi connectivity index (χ4n) is 3.46. The molecule has 3 nitrogen and oxygen atoms in total. The van der Waals surface area contributed by atoms with Gasteiger partial charge >= 0.3 is 0 Å². The van der Waals surface area contributed by atoms with Crippen molar-refractivity contribution in [1.82, 2.24) is 0 Å². The SMILES string of the molecule is COc1ccc(C)cc1-c1cc(C)cc(-c2cc(C)ccc2OC)c1OC. The van der Waals surface area contributed by atoms with Crippen molar-refractivity contribution < 1.29 is 14.2 Å². The predicted molar refractivity (Wildman–Crippen MR) is 111 cm³/mol. The molecule has 3 heteroatoms. The molecule has 0 spiro atoms. The quantitative estimate of drug-likeness (QED) is 0.559. The molecule has 3 aromatic carbocycles. The number of ether oxygens (including phenoxy) is 3. The maximum absolute atomic E-state index is 5.91. The fraction of sp³-hybridized carbons (Fsp3) is 0.250. The van der Waals surface area contributed by atoms with Crippen LogP contribution >= 0.6 is 0 Å². The standard InChI is InChI=1S/C24H26O3/c1-15-7-9-22(25-4)18(11-15)20-13-17(3)14-21(24(20)27-6)19-12-16(2)8-10-23(19)26-5/h7-14H,1-6H3. The molecule has 3 rings (SSSR count). The molecule has 0 radical (unpaired) electrons. The zero-order chi connectivity index (χ0) is 19.6. The molecule has 0 saturated carbocycles. The van der Waals surface area contributed by atoms with Crippen LogP contribution in [0.1, 0.15) is 16.7 Å². The van der Waals surface area contributed by atoms with Gasteiger partial charge in [0, 0.05) is 22.3 Å². The lowest BCUT2D eigenvalue weighted by molar-refractivity contribution is 0.408. The van der Waals surface area contributed by atoms with E-state index in [1.807, 2.05) is 12.1 Å². The lowest BCUT2D eigenvalue weighted by Gasteiger charge is -2.19. The van der Waals surface area contributed by atoms with E-state index in [1.54, 1.807) is 21.3 Å². The van der Waals surface area contributed by atoms with E-state index in [1.165, 1.54) is 11.1 Å². The first-order valence-corrected chi connectivity index (χ1v) is 8.97. The van der Waals surface area contributed by atoms with Gasteiger partial charge in [-0.05, 0) is 62.7 Å². The molecule has 0 aliphatic heterocycles. The zero-order valence-electron chi connectivity index (χ0n) is 16.8. The predicted octanol–water partition coefficient (Wildman–Crippen LogP) is 5.97. The topological polar surface area (TPSA) is 27.7 Å². The van der Waals surface area contributed by atoms with Crippen LogP contribution in [0.3, 0.4) is 0 Å². The van der Waals surface area contributed by atoms with E-state index < -0.39 is 0 Å². The Balaban J connectivity index is 2.35. The van der Waals surface area contributed by atoms with Gasteiger partial charge in [0.15, 0.2) is 0 Å². The van der Waals surface area contributed by atoms with Crippen LogP contribution in [0, 0.1) is 20.8 Å². The van der Waals surface area contributed by atoms with Crippen molar-refractivity contribution in [2.45, 2.75) is 20.8 Å². The highest BCUT2D eigenvalue weighted by Gasteiger charge is 2.19.